The third-order valence-electron chi connectivity index (χ3n) is 0. The van der Waals surface area contributed by atoms with Crippen molar-refractivity contribution in [1.82, 2.24) is 0 Å². The molecule has 0 amide bonds. The van der Waals surface area contributed by atoms with Crippen molar-refractivity contribution in [2.75, 3.05) is 0 Å². The SMILES string of the molecule is N[C@@H](O)S. The van der Waals surface area contributed by atoms with Gasteiger partial charge in [-0.05, 0) is 0 Å². The second-order valence-corrected chi connectivity index (χ2v) is 0.943. The molecule has 0 aliphatic heterocycles. The lowest BCUT2D eigenvalue weighted by Crippen LogP contribution is -2.08. The zero-order valence-electron chi connectivity index (χ0n) is 2.05. The van der Waals surface area contributed by atoms with Crippen LogP contribution in [-0.4, -0.2) is 10.7 Å². The molecule has 0 saturated heterocycles. The lowest BCUT2D eigenvalue weighted by atomic mass is 11.4. The Kier molecular flexibility index (Phi) is 1.68. The molecule has 0 aromatic rings. The molecule has 0 unspecified atom stereocenters. The van der Waals surface area contributed by atoms with Crippen molar-refractivity contribution in [3.05, 3.63) is 0 Å². The molecule has 4 heavy (non-hydrogen) atoms. The Balaban J connectivity index is 2.32. The fraction of sp³-hybridized carbons (Fsp3) is 1.00. The molecule has 3 N–H and O–H groups in total. The highest BCUT2D eigenvalue weighted by atomic mass is 32.1. The van der Waals surface area contributed by atoms with Crippen LogP contribution in [0.5, 0.6) is 0 Å². The molecule has 26 valence electrons. The Labute approximate surface area is 30.0 Å². The van der Waals surface area contributed by atoms with E-state index in [1.54, 1.807) is 0 Å². The third-order valence-corrected chi connectivity index (χ3v) is 0. The molecule has 0 aromatic heterocycles. The van der Waals surface area contributed by atoms with Gasteiger partial charge in [0, 0.05) is 0 Å². The first kappa shape index (κ1) is 4.27. The zero-order valence-corrected chi connectivity index (χ0v) is 2.94. The van der Waals surface area contributed by atoms with E-state index < -0.39 is 5.56 Å². The van der Waals surface area contributed by atoms with Gasteiger partial charge in [0.05, 0.1) is 0 Å². The van der Waals surface area contributed by atoms with Crippen molar-refractivity contribution >= 4 is 12.6 Å². The van der Waals surface area contributed by atoms with E-state index in [2.05, 4.69) is 18.4 Å². The van der Waals surface area contributed by atoms with Crippen molar-refractivity contribution in [3.63, 3.8) is 0 Å². The number of nitrogens with two attached hydrogens (primary N) is 1. The largest absolute Gasteiger partial charge is 0.370 e. The fourth-order valence-corrected chi connectivity index (χ4v) is 0. The van der Waals surface area contributed by atoms with Gasteiger partial charge in [-0.1, -0.05) is 0 Å². The van der Waals surface area contributed by atoms with Gasteiger partial charge < -0.3 is 5.11 Å². The summed E-state index contributed by atoms with van der Waals surface area (Å²) >= 11 is 3.30. The van der Waals surface area contributed by atoms with Crippen molar-refractivity contribution in [3.8, 4) is 0 Å². The summed E-state index contributed by atoms with van der Waals surface area (Å²) in [5, 5.41) is 7.70. The van der Waals surface area contributed by atoms with Gasteiger partial charge in [0.1, 0.15) is 5.56 Å². The highest BCUT2D eigenvalue weighted by molar-refractivity contribution is 7.80. The number of hydrogen-bond acceptors (Lipinski definition) is 3. The Morgan fingerprint density at radius 1 is 2.00 bits per heavy atom. The van der Waals surface area contributed by atoms with Crippen molar-refractivity contribution < 1.29 is 5.11 Å². The van der Waals surface area contributed by atoms with Gasteiger partial charge in [0.15, 0.2) is 0 Å². The maximum atomic E-state index is 7.70. The maximum Gasteiger partial charge on any atom is 0.147 e. The molecule has 0 aliphatic carbocycles. The molecule has 1 atom stereocenters. The number of aliphatic hydroxyl groups is 1. The van der Waals surface area contributed by atoms with Crippen molar-refractivity contribution in [1.29, 1.82) is 0 Å². The van der Waals surface area contributed by atoms with E-state index >= 15 is 0 Å². The minimum absolute atomic E-state index is 0.972. The second kappa shape index (κ2) is 1.58. The van der Waals surface area contributed by atoms with Gasteiger partial charge in [0.2, 0.25) is 0 Å². The molecule has 0 radical (unpaired) electrons. The molecule has 0 heterocycles. The van der Waals surface area contributed by atoms with Crippen LogP contribution in [0.3, 0.4) is 0 Å². The van der Waals surface area contributed by atoms with Crippen LogP contribution < -0.4 is 5.73 Å². The van der Waals surface area contributed by atoms with Crippen molar-refractivity contribution in [2.24, 2.45) is 5.73 Å². The number of hydrogen-bond donors (Lipinski definition) is 3. The predicted octanol–water partition coefficient (Wildman–Crippen LogP) is -0.849. The monoisotopic (exact) mass is 79.0 g/mol. The molecule has 0 fully saturated rings. The summed E-state index contributed by atoms with van der Waals surface area (Å²) in [4.78, 5) is 0. The molecule has 0 rings (SSSR count). The summed E-state index contributed by atoms with van der Waals surface area (Å²) in [6.45, 7) is 0. The van der Waals surface area contributed by atoms with E-state index in [9.17, 15) is 0 Å². The van der Waals surface area contributed by atoms with Crippen LogP contribution in [-0.2, 0) is 0 Å². The van der Waals surface area contributed by atoms with E-state index in [0.29, 0.717) is 0 Å². The van der Waals surface area contributed by atoms with E-state index in [0.717, 1.165) is 0 Å². The lowest BCUT2D eigenvalue weighted by Gasteiger charge is -1.81. The van der Waals surface area contributed by atoms with E-state index in [-0.39, 0.29) is 0 Å². The van der Waals surface area contributed by atoms with Crippen LogP contribution in [0.4, 0.5) is 0 Å². The van der Waals surface area contributed by atoms with Gasteiger partial charge in [-0.15, -0.1) is 12.6 Å². The number of thiol groups is 1. The van der Waals surface area contributed by atoms with Crippen LogP contribution >= 0.6 is 12.6 Å². The Hall–Kier alpha value is 0.270. The first-order chi connectivity index (χ1) is 1.73. The average Bonchev–Trinajstić information content (AvgIpc) is 0.811. The summed E-state index contributed by atoms with van der Waals surface area (Å²) < 4.78 is 0. The first-order valence-electron chi connectivity index (χ1n) is 0.850. The smallest absolute Gasteiger partial charge is 0.147 e. The van der Waals surface area contributed by atoms with Crippen molar-refractivity contribution in [2.45, 2.75) is 5.56 Å². The number of rotatable bonds is 0. The average molecular weight is 79.1 g/mol. The summed E-state index contributed by atoms with van der Waals surface area (Å²) in [5.74, 6) is 0. The quantitative estimate of drug-likeness (QED) is 0.261. The standard InChI is InChI=1S/CH5NOS/c2-1(3)4/h1,3-4H,2H2/t1-/m0/s1. The minimum atomic E-state index is -0.972. The zero-order chi connectivity index (χ0) is 3.58. The van der Waals surface area contributed by atoms with E-state index in [4.69, 9.17) is 5.11 Å². The summed E-state index contributed by atoms with van der Waals surface area (Å²) in [6, 6.07) is 0. The minimum Gasteiger partial charge on any atom is -0.370 e. The molecular formula is CH5NOS. The Morgan fingerprint density at radius 2 is 2.00 bits per heavy atom. The topological polar surface area (TPSA) is 46.2 Å². The maximum absolute atomic E-state index is 7.70. The number of aliphatic hydroxyl groups excluding tert-OH is 1. The molecule has 0 spiro atoms. The molecule has 3 heteroatoms. The molecule has 0 aromatic carbocycles. The summed E-state index contributed by atoms with van der Waals surface area (Å²) in [7, 11) is 0. The van der Waals surface area contributed by atoms with Gasteiger partial charge in [-0.2, -0.15) is 0 Å². The van der Waals surface area contributed by atoms with Crippen LogP contribution in [0.1, 0.15) is 0 Å². The molecule has 0 aliphatic rings. The molecular weight excluding hydrogens is 74.1 g/mol. The lowest BCUT2D eigenvalue weighted by molar-refractivity contribution is 0.274. The van der Waals surface area contributed by atoms with Crippen LogP contribution in [0.25, 0.3) is 0 Å². The summed E-state index contributed by atoms with van der Waals surface area (Å²) in [6.07, 6.45) is 0. The van der Waals surface area contributed by atoms with Gasteiger partial charge in [-0.25, -0.2) is 0 Å². The van der Waals surface area contributed by atoms with Crippen LogP contribution in [0.15, 0.2) is 0 Å². The fourth-order valence-electron chi connectivity index (χ4n) is 0. The Morgan fingerprint density at radius 3 is 2.00 bits per heavy atom. The van der Waals surface area contributed by atoms with Gasteiger partial charge in [0.25, 0.3) is 0 Å². The van der Waals surface area contributed by atoms with Gasteiger partial charge in [-0.3, -0.25) is 5.73 Å². The molecule has 2 nitrogen and oxygen atoms in total. The predicted molar refractivity (Wildman–Crippen MR) is 19.2 cm³/mol. The van der Waals surface area contributed by atoms with E-state index in [1.165, 1.54) is 0 Å². The van der Waals surface area contributed by atoms with Crippen LogP contribution in [0.2, 0.25) is 0 Å². The molecule has 0 saturated carbocycles. The van der Waals surface area contributed by atoms with Gasteiger partial charge >= 0.3 is 0 Å². The first-order valence-corrected chi connectivity index (χ1v) is 1.37. The highest BCUT2D eigenvalue weighted by Crippen LogP contribution is 1.66. The Bertz CT molecular complexity index is 12.8. The van der Waals surface area contributed by atoms with Crippen LogP contribution in [0, 0.1) is 0 Å². The normalized spacial score (nSPS) is 15.8. The highest BCUT2D eigenvalue weighted by Gasteiger charge is 1.69. The van der Waals surface area contributed by atoms with E-state index in [1.807, 2.05) is 0 Å². The summed E-state index contributed by atoms with van der Waals surface area (Å²) in [5.41, 5.74) is 3.56. The second-order valence-electron chi connectivity index (χ2n) is 0.414. The molecule has 0 bridgehead atoms. The third kappa shape index (κ3) is 50.2.